The number of hydrogen-bond donors (Lipinski definition) is 0. The van der Waals surface area contributed by atoms with Crippen molar-refractivity contribution in [2.75, 3.05) is 13.1 Å². The molecule has 2 heterocycles. The van der Waals surface area contributed by atoms with E-state index in [9.17, 15) is 14.4 Å². The van der Waals surface area contributed by atoms with Crippen LogP contribution in [0.15, 0.2) is 36.6 Å². The van der Waals surface area contributed by atoms with E-state index < -0.39 is 0 Å². The standard InChI is InChI=1S/C29H51NO.C24H43NO2/c1-4-6-8-10-12-13-15-17-21-26(20-16-14-11-9-7-5-2)24-30-25(3)27-22-18-19-23-28(27)29(30)31;1-3-5-7-9-11-12-14-16-18-22(17-15-13-10-8-6-4-2)21-25-23(26)19-20-24(25)27/h18-19,26-28H,3-17,20-24H2,1-2H3;19-20,22H,3-18,21H2,1-2H3. The van der Waals surface area contributed by atoms with E-state index >= 15 is 0 Å². The Morgan fingerprint density at radius 1 is 0.448 bits per heavy atom. The highest BCUT2D eigenvalue weighted by Gasteiger charge is 2.43. The summed E-state index contributed by atoms with van der Waals surface area (Å²) in [5.41, 5.74) is 1.11. The summed E-state index contributed by atoms with van der Waals surface area (Å²) < 4.78 is 0. The Hall–Kier alpha value is -2.17. The molecule has 0 aromatic rings. The van der Waals surface area contributed by atoms with Gasteiger partial charge in [0, 0.05) is 36.9 Å². The predicted molar refractivity (Wildman–Crippen MR) is 249 cm³/mol. The molecule has 1 aliphatic carbocycles. The van der Waals surface area contributed by atoms with Crippen molar-refractivity contribution >= 4 is 17.7 Å². The van der Waals surface area contributed by atoms with Crippen LogP contribution in [0.25, 0.3) is 0 Å². The van der Waals surface area contributed by atoms with Gasteiger partial charge in [-0.2, -0.15) is 0 Å². The van der Waals surface area contributed by atoms with Gasteiger partial charge in [0.1, 0.15) is 0 Å². The third-order valence-corrected chi connectivity index (χ3v) is 13.4. The van der Waals surface area contributed by atoms with Gasteiger partial charge in [0.2, 0.25) is 5.91 Å². The number of carbonyl (C=O) groups excluding carboxylic acids is 3. The molecular formula is C53H94N2O3. The van der Waals surface area contributed by atoms with Crippen molar-refractivity contribution in [2.45, 2.75) is 246 Å². The Balaban J connectivity index is 0.000000404. The molecule has 4 atom stereocenters. The number of imide groups is 1. The van der Waals surface area contributed by atoms with E-state index in [-0.39, 0.29) is 17.7 Å². The summed E-state index contributed by atoms with van der Waals surface area (Å²) in [7, 11) is 0. The Kier molecular flexibility index (Phi) is 30.9. The molecule has 5 nitrogen and oxygen atoms in total. The van der Waals surface area contributed by atoms with Crippen molar-refractivity contribution in [1.29, 1.82) is 0 Å². The summed E-state index contributed by atoms with van der Waals surface area (Å²) in [5.74, 6) is 1.80. The largest absolute Gasteiger partial charge is 0.316 e. The van der Waals surface area contributed by atoms with Crippen LogP contribution in [0.3, 0.4) is 0 Å². The van der Waals surface area contributed by atoms with Gasteiger partial charge in [-0.1, -0.05) is 226 Å². The Morgan fingerprint density at radius 2 is 0.741 bits per heavy atom. The summed E-state index contributed by atoms with van der Waals surface area (Å²) in [6.07, 6.45) is 51.7. The molecule has 3 rings (SSSR count). The fourth-order valence-electron chi connectivity index (χ4n) is 9.55. The number of nitrogens with zero attached hydrogens (tertiary/aromatic N) is 2. The van der Waals surface area contributed by atoms with Crippen LogP contribution < -0.4 is 0 Å². The van der Waals surface area contributed by atoms with Gasteiger partial charge in [-0.3, -0.25) is 19.3 Å². The van der Waals surface area contributed by atoms with E-state index in [2.05, 4.69) is 51.3 Å². The maximum atomic E-state index is 13.1. The zero-order valence-electron chi connectivity index (χ0n) is 38.9. The molecule has 3 amide bonds. The van der Waals surface area contributed by atoms with E-state index in [4.69, 9.17) is 0 Å². The number of rotatable bonds is 36. The average Bonchev–Trinajstić information content (AvgIpc) is 3.67. The third-order valence-electron chi connectivity index (χ3n) is 13.4. The van der Waals surface area contributed by atoms with Crippen LogP contribution in [-0.4, -0.2) is 40.6 Å². The minimum Gasteiger partial charge on any atom is -0.316 e. The lowest BCUT2D eigenvalue weighted by Crippen LogP contribution is -2.34. The molecule has 3 aliphatic rings. The highest BCUT2D eigenvalue weighted by molar-refractivity contribution is 6.12. The van der Waals surface area contributed by atoms with Crippen molar-refractivity contribution in [3.05, 3.63) is 36.6 Å². The van der Waals surface area contributed by atoms with Gasteiger partial charge >= 0.3 is 0 Å². The van der Waals surface area contributed by atoms with Crippen LogP contribution >= 0.6 is 0 Å². The average molecular weight is 807 g/mol. The number of unbranched alkanes of at least 4 members (excludes halogenated alkanes) is 24. The highest BCUT2D eigenvalue weighted by atomic mass is 16.2. The molecule has 0 N–H and O–H groups in total. The lowest BCUT2D eigenvalue weighted by molar-refractivity contribution is -0.137. The summed E-state index contributed by atoms with van der Waals surface area (Å²) in [5, 5.41) is 0. The molecule has 1 fully saturated rings. The van der Waals surface area contributed by atoms with E-state index in [1.807, 2.05) is 0 Å². The third kappa shape index (κ3) is 22.4. The van der Waals surface area contributed by atoms with Crippen LogP contribution in [0.1, 0.15) is 246 Å². The van der Waals surface area contributed by atoms with Crippen molar-refractivity contribution in [2.24, 2.45) is 23.7 Å². The summed E-state index contributed by atoms with van der Waals surface area (Å²) in [6, 6.07) is 0. The summed E-state index contributed by atoms with van der Waals surface area (Å²) in [4.78, 5) is 40.4. The first-order chi connectivity index (χ1) is 28.4. The van der Waals surface area contributed by atoms with Gasteiger partial charge in [-0.05, 0) is 50.4 Å². The number of carbonyl (C=O) groups is 3. The highest BCUT2D eigenvalue weighted by Crippen LogP contribution is 2.41. The predicted octanol–water partition coefficient (Wildman–Crippen LogP) is 15.6. The SMILES string of the molecule is C=C1C2CC=CCC2C(=O)N1CC(CCCCCCCC)CCCCCCCCCC.CCCCCCCCCCC(CCCCCCCC)CN1C(=O)C=CC1=O. The van der Waals surface area contributed by atoms with Crippen molar-refractivity contribution in [3.63, 3.8) is 0 Å². The maximum Gasteiger partial charge on any atom is 0.253 e. The van der Waals surface area contributed by atoms with Crippen molar-refractivity contribution < 1.29 is 14.4 Å². The second-order valence-electron chi connectivity index (χ2n) is 18.6. The normalized spacial score (nSPS) is 18.6. The molecule has 0 aromatic carbocycles. The minimum atomic E-state index is -0.121. The number of allylic oxidation sites excluding steroid dienone is 3. The lowest BCUT2D eigenvalue weighted by atomic mass is 9.84. The molecule has 1 saturated heterocycles. The van der Waals surface area contributed by atoms with Crippen LogP contribution in [0.4, 0.5) is 0 Å². The molecule has 4 unspecified atom stereocenters. The smallest absolute Gasteiger partial charge is 0.253 e. The number of fused-ring (bicyclic) bond motifs is 1. The van der Waals surface area contributed by atoms with E-state index in [0.29, 0.717) is 30.2 Å². The molecule has 2 aliphatic heterocycles. The van der Waals surface area contributed by atoms with Gasteiger partial charge in [0.05, 0.1) is 5.92 Å². The lowest BCUT2D eigenvalue weighted by Gasteiger charge is -2.26. The first kappa shape index (κ1) is 52.0. The zero-order chi connectivity index (χ0) is 42.1. The number of amides is 3. The number of hydrogen-bond acceptors (Lipinski definition) is 3. The molecule has 0 radical (unpaired) electrons. The molecule has 0 spiro atoms. The molecule has 0 saturated carbocycles. The first-order valence-electron chi connectivity index (χ1n) is 25.6. The molecule has 0 aromatic heterocycles. The van der Waals surface area contributed by atoms with Crippen molar-refractivity contribution in [1.82, 2.24) is 9.80 Å². The summed E-state index contributed by atoms with van der Waals surface area (Å²) >= 11 is 0. The zero-order valence-corrected chi connectivity index (χ0v) is 38.9. The van der Waals surface area contributed by atoms with Crippen LogP contribution in [0.5, 0.6) is 0 Å². The van der Waals surface area contributed by atoms with Crippen LogP contribution in [0, 0.1) is 23.7 Å². The molecule has 0 bridgehead atoms. The molecular weight excluding hydrogens is 713 g/mol. The van der Waals surface area contributed by atoms with Gasteiger partial charge in [-0.25, -0.2) is 0 Å². The maximum absolute atomic E-state index is 13.1. The van der Waals surface area contributed by atoms with Gasteiger partial charge in [0.15, 0.2) is 0 Å². The fraction of sp³-hybridized carbons (Fsp3) is 0.830. The van der Waals surface area contributed by atoms with E-state index in [1.54, 1.807) is 0 Å². The quantitative estimate of drug-likeness (QED) is 0.0360. The second-order valence-corrected chi connectivity index (χ2v) is 18.6. The Bertz CT molecular complexity index is 1100. The minimum absolute atomic E-state index is 0.121. The summed E-state index contributed by atoms with van der Waals surface area (Å²) in [6.45, 7) is 15.0. The first-order valence-corrected chi connectivity index (χ1v) is 25.6. The van der Waals surface area contributed by atoms with Crippen LogP contribution in [-0.2, 0) is 14.4 Å². The molecule has 334 valence electrons. The van der Waals surface area contributed by atoms with E-state index in [1.165, 1.54) is 210 Å². The van der Waals surface area contributed by atoms with Gasteiger partial charge in [0.25, 0.3) is 11.8 Å². The Labute approximate surface area is 360 Å². The van der Waals surface area contributed by atoms with Gasteiger partial charge < -0.3 is 4.90 Å². The van der Waals surface area contributed by atoms with E-state index in [0.717, 1.165) is 37.9 Å². The molecule has 58 heavy (non-hydrogen) atoms. The monoisotopic (exact) mass is 807 g/mol. The second kappa shape index (κ2) is 34.5. The fourth-order valence-corrected chi connectivity index (χ4v) is 9.55. The van der Waals surface area contributed by atoms with Gasteiger partial charge in [-0.15, -0.1) is 0 Å². The Morgan fingerprint density at radius 3 is 1.07 bits per heavy atom. The van der Waals surface area contributed by atoms with Crippen molar-refractivity contribution in [3.8, 4) is 0 Å². The topological polar surface area (TPSA) is 57.7 Å². The molecule has 5 heteroatoms. The number of likely N-dealkylation sites (tertiary alicyclic amines) is 1. The van der Waals surface area contributed by atoms with Crippen LogP contribution in [0.2, 0.25) is 0 Å².